The zero-order valence-electron chi connectivity index (χ0n) is 9.32. The summed E-state index contributed by atoms with van der Waals surface area (Å²) in [6.07, 6.45) is 0. The van der Waals surface area contributed by atoms with Crippen molar-refractivity contribution < 1.29 is 14.4 Å². The highest BCUT2D eigenvalue weighted by Gasteiger charge is 2.17. The SMILES string of the molecule is COc1c(Br)cc(-c2cc(N)on2)c(O)c1C. The molecule has 0 aliphatic carbocycles. The van der Waals surface area contributed by atoms with E-state index in [1.165, 1.54) is 0 Å². The summed E-state index contributed by atoms with van der Waals surface area (Å²) in [5.41, 5.74) is 7.09. The van der Waals surface area contributed by atoms with Crippen LogP contribution in [0.2, 0.25) is 0 Å². The second kappa shape index (κ2) is 4.29. The first-order valence-electron chi connectivity index (χ1n) is 4.83. The standard InChI is InChI=1S/C11H11BrN2O3/c1-5-10(15)6(3-7(12)11(5)16-2)8-4-9(13)17-14-8/h3-4,15H,13H2,1-2H3. The Bertz CT molecular complexity index is 566. The van der Waals surface area contributed by atoms with E-state index in [1.807, 2.05) is 0 Å². The van der Waals surface area contributed by atoms with Crippen molar-refractivity contribution in [2.24, 2.45) is 0 Å². The molecule has 3 N–H and O–H groups in total. The molecule has 1 aromatic heterocycles. The van der Waals surface area contributed by atoms with Crippen LogP contribution in [0.3, 0.4) is 0 Å². The van der Waals surface area contributed by atoms with E-state index in [-0.39, 0.29) is 11.6 Å². The van der Waals surface area contributed by atoms with Crippen LogP contribution in [0.15, 0.2) is 21.1 Å². The van der Waals surface area contributed by atoms with E-state index in [0.29, 0.717) is 22.6 Å². The zero-order valence-corrected chi connectivity index (χ0v) is 10.9. The largest absolute Gasteiger partial charge is 0.507 e. The average Bonchev–Trinajstić information content (AvgIpc) is 2.71. The van der Waals surface area contributed by atoms with Gasteiger partial charge in [-0.25, -0.2) is 0 Å². The topological polar surface area (TPSA) is 81.5 Å². The first-order valence-corrected chi connectivity index (χ1v) is 5.62. The van der Waals surface area contributed by atoms with Gasteiger partial charge in [-0.15, -0.1) is 0 Å². The van der Waals surface area contributed by atoms with Crippen molar-refractivity contribution in [3.05, 3.63) is 22.2 Å². The predicted octanol–water partition coefficient (Wildman–Crippen LogP) is 2.71. The minimum absolute atomic E-state index is 0.0957. The van der Waals surface area contributed by atoms with Crippen LogP contribution in [-0.2, 0) is 0 Å². The molecule has 0 aliphatic rings. The van der Waals surface area contributed by atoms with Gasteiger partial charge in [0.25, 0.3) is 0 Å². The van der Waals surface area contributed by atoms with Crippen molar-refractivity contribution in [3.8, 4) is 22.8 Å². The number of anilines is 1. The molecule has 0 unspecified atom stereocenters. The number of nitrogen functional groups attached to an aromatic ring is 1. The number of phenols is 1. The third-order valence-corrected chi connectivity index (χ3v) is 3.04. The van der Waals surface area contributed by atoms with Crippen LogP contribution in [0.25, 0.3) is 11.3 Å². The second-order valence-electron chi connectivity index (χ2n) is 3.53. The molecule has 2 aromatic rings. The number of rotatable bonds is 2. The van der Waals surface area contributed by atoms with E-state index >= 15 is 0 Å². The number of aromatic hydroxyl groups is 1. The normalized spacial score (nSPS) is 10.5. The van der Waals surface area contributed by atoms with Crippen LogP contribution in [0.5, 0.6) is 11.5 Å². The molecular weight excluding hydrogens is 288 g/mol. The fraction of sp³-hybridized carbons (Fsp3) is 0.182. The van der Waals surface area contributed by atoms with Crippen molar-refractivity contribution in [3.63, 3.8) is 0 Å². The lowest BCUT2D eigenvalue weighted by Crippen LogP contribution is -1.91. The highest BCUT2D eigenvalue weighted by Crippen LogP contribution is 2.41. The lowest BCUT2D eigenvalue weighted by Gasteiger charge is -2.11. The van der Waals surface area contributed by atoms with E-state index in [2.05, 4.69) is 21.1 Å². The number of halogens is 1. The number of hydrogen-bond donors (Lipinski definition) is 2. The maximum absolute atomic E-state index is 10.1. The van der Waals surface area contributed by atoms with Gasteiger partial charge in [-0.3, -0.25) is 0 Å². The number of hydrogen-bond acceptors (Lipinski definition) is 5. The van der Waals surface area contributed by atoms with E-state index in [9.17, 15) is 5.11 Å². The third-order valence-electron chi connectivity index (χ3n) is 2.45. The fourth-order valence-electron chi connectivity index (χ4n) is 1.61. The second-order valence-corrected chi connectivity index (χ2v) is 4.38. The first-order chi connectivity index (χ1) is 8.04. The number of benzene rings is 1. The number of ether oxygens (including phenoxy) is 1. The molecule has 0 amide bonds. The molecule has 1 heterocycles. The summed E-state index contributed by atoms with van der Waals surface area (Å²) in [6, 6.07) is 3.26. The Morgan fingerprint density at radius 3 is 2.71 bits per heavy atom. The molecule has 0 radical (unpaired) electrons. The van der Waals surface area contributed by atoms with E-state index < -0.39 is 0 Å². The zero-order chi connectivity index (χ0) is 12.6. The molecule has 0 aliphatic heterocycles. The summed E-state index contributed by atoms with van der Waals surface area (Å²) in [7, 11) is 1.54. The van der Waals surface area contributed by atoms with Crippen LogP contribution < -0.4 is 10.5 Å². The summed E-state index contributed by atoms with van der Waals surface area (Å²) in [5.74, 6) is 0.880. The van der Waals surface area contributed by atoms with Gasteiger partial charge in [-0.1, -0.05) is 5.16 Å². The van der Waals surface area contributed by atoms with Gasteiger partial charge in [0.15, 0.2) is 0 Å². The van der Waals surface area contributed by atoms with Gasteiger partial charge in [-0.05, 0) is 28.9 Å². The number of nitrogens with zero attached hydrogens (tertiary/aromatic N) is 1. The summed E-state index contributed by atoms with van der Waals surface area (Å²) in [4.78, 5) is 0. The Morgan fingerprint density at radius 1 is 1.47 bits per heavy atom. The molecule has 5 nitrogen and oxygen atoms in total. The smallest absolute Gasteiger partial charge is 0.222 e. The monoisotopic (exact) mass is 298 g/mol. The van der Waals surface area contributed by atoms with E-state index in [4.69, 9.17) is 15.0 Å². The molecule has 90 valence electrons. The minimum atomic E-state index is 0.0957. The molecule has 0 saturated carbocycles. The Balaban J connectivity index is 2.64. The molecule has 2 rings (SSSR count). The summed E-state index contributed by atoms with van der Waals surface area (Å²) in [5, 5.41) is 13.8. The molecule has 0 bridgehead atoms. The quantitative estimate of drug-likeness (QED) is 0.891. The Labute approximate surface area is 106 Å². The maximum Gasteiger partial charge on any atom is 0.222 e. The Morgan fingerprint density at radius 2 is 2.18 bits per heavy atom. The average molecular weight is 299 g/mol. The van der Waals surface area contributed by atoms with Crippen molar-refractivity contribution in [2.75, 3.05) is 12.8 Å². The van der Waals surface area contributed by atoms with Crippen molar-refractivity contribution in [1.82, 2.24) is 5.16 Å². The number of nitrogens with two attached hydrogens (primary N) is 1. The molecular formula is C11H11BrN2O3. The number of methoxy groups -OCH3 is 1. The highest BCUT2D eigenvalue weighted by molar-refractivity contribution is 9.10. The summed E-state index contributed by atoms with van der Waals surface area (Å²) in [6.45, 7) is 1.76. The van der Waals surface area contributed by atoms with Gasteiger partial charge < -0.3 is 20.1 Å². The molecule has 17 heavy (non-hydrogen) atoms. The Kier molecular flexibility index (Phi) is 2.97. The van der Waals surface area contributed by atoms with Crippen LogP contribution in [0.1, 0.15) is 5.56 Å². The molecule has 0 atom stereocenters. The minimum Gasteiger partial charge on any atom is -0.507 e. The first kappa shape index (κ1) is 11.8. The summed E-state index contributed by atoms with van der Waals surface area (Å²) < 4.78 is 10.7. The molecule has 0 fully saturated rings. The third kappa shape index (κ3) is 1.95. The number of phenolic OH excluding ortho intramolecular Hbond substituents is 1. The lowest BCUT2D eigenvalue weighted by molar-refractivity contribution is 0.400. The van der Waals surface area contributed by atoms with Gasteiger partial charge in [0.1, 0.15) is 17.2 Å². The van der Waals surface area contributed by atoms with Gasteiger partial charge in [0.05, 0.1) is 11.6 Å². The molecule has 0 saturated heterocycles. The van der Waals surface area contributed by atoms with Gasteiger partial charge in [-0.2, -0.15) is 0 Å². The van der Waals surface area contributed by atoms with E-state index in [1.54, 1.807) is 26.2 Å². The lowest BCUT2D eigenvalue weighted by atomic mass is 10.1. The van der Waals surface area contributed by atoms with Crippen molar-refractivity contribution in [2.45, 2.75) is 6.92 Å². The maximum atomic E-state index is 10.1. The predicted molar refractivity (Wildman–Crippen MR) is 67.0 cm³/mol. The molecule has 1 aromatic carbocycles. The molecule has 6 heteroatoms. The van der Waals surface area contributed by atoms with Crippen LogP contribution in [0, 0.1) is 6.92 Å². The fourth-order valence-corrected chi connectivity index (χ4v) is 2.30. The van der Waals surface area contributed by atoms with Gasteiger partial charge in [0, 0.05) is 17.2 Å². The van der Waals surface area contributed by atoms with Gasteiger partial charge in [0.2, 0.25) is 5.88 Å². The molecule has 0 spiro atoms. The van der Waals surface area contributed by atoms with Crippen LogP contribution >= 0.6 is 15.9 Å². The van der Waals surface area contributed by atoms with Crippen LogP contribution in [-0.4, -0.2) is 17.4 Å². The Hall–Kier alpha value is -1.69. The highest BCUT2D eigenvalue weighted by atomic mass is 79.9. The van der Waals surface area contributed by atoms with Crippen molar-refractivity contribution >= 4 is 21.8 Å². The van der Waals surface area contributed by atoms with E-state index in [0.717, 1.165) is 4.47 Å². The number of aromatic nitrogens is 1. The van der Waals surface area contributed by atoms with Gasteiger partial charge >= 0.3 is 0 Å². The van der Waals surface area contributed by atoms with Crippen molar-refractivity contribution in [1.29, 1.82) is 0 Å². The summed E-state index contributed by atoms with van der Waals surface area (Å²) >= 11 is 3.37. The van der Waals surface area contributed by atoms with Crippen LogP contribution in [0.4, 0.5) is 5.88 Å².